The molecule has 3 nitrogen and oxygen atoms in total. The summed E-state index contributed by atoms with van der Waals surface area (Å²) >= 11 is 5.76. The molecule has 0 saturated heterocycles. The van der Waals surface area contributed by atoms with Gasteiger partial charge in [-0.2, -0.15) is 13.2 Å². The summed E-state index contributed by atoms with van der Waals surface area (Å²) in [5.74, 6) is 0.423. The summed E-state index contributed by atoms with van der Waals surface area (Å²) in [5, 5.41) is 12.8. The fourth-order valence-corrected chi connectivity index (χ4v) is 2.18. The van der Waals surface area contributed by atoms with Crippen molar-refractivity contribution in [2.24, 2.45) is 5.92 Å². The van der Waals surface area contributed by atoms with Crippen LogP contribution in [-0.2, 0) is 6.18 Å². The molecule has 0 saturated carbocycles. The molecule has 20 heavy (non-hydrogen) atoms. The van der Waals surface area contributed by atoms with E-state index in [-0.39, 0.29) is 17.4 Å². The van der Waals surface area contributed by atoms with E-state index >= 15 is 0 Å². The molecule has 1 aromatic rings. The van der Waals surface area contributed by atoms with Crippen LogP contribution < -0.4 is 5.32 Å². The minimum atomic E-state index is -4.47. The molecule has 0 bridgehead atoms. The Balaban J connectivity index is 2.75. The standard InChI is InChI=1S/C13H18ClF3N2O/c1-8(2)5-12(3,20)7-19-11-10(14)4-9(6-18-11)13(15,16)17/h4,6,8,20H,5,7H2,1-3H3,(H,18,19). The molecular formula is C13H18ClF3N2O. The van der Waals surface area contributed by atoms with Gasteiger partial charge in [0, 0.05) is 12.7 Å². The maximum absolute atomic E-state index is 12.5. The fraction of sp³-hybridized carbons (Fsp3) is 0.615. The quantitative estimate of drug-likeness (QED) is 0.865. The van der Waals surface area contributed by atoms with E-state index in [0.29, 0.717) is 18.5 Å². The number of aliphatic hydroxyl groups is 1. The molecule has 1 unspecified atom stereocenters. The number of anilines is 1. The van der Waals surface area contributed by atoms with Gasteiger partial charge in [-0.1, -0.05) is 25.4 Å². The van der Waals surface area contributed by atoms with E-state index in [1.165, 1.54) is 0 Å². The van der Waals surface area contributed by atoms with Crippen molar-refractivity contribution in [1.82, 2.24) is 4.98 Å². The van der Waals surface area contributed by atoms with Gasteiger partial charge in [-0.25, -0.2) is 4.98 Å². The highest BCUT2D eigenvalue weighted by Crippen LogP contribution is 2.32. The Labute approximate surface area is 121 Å². The van der Waals surface area contributed by atoms with Crippen molar-refractivity contribution < 1.29 is 18.3 Å². The maximum atomic E-state index is 12.5. The Kier molecular flexibility index (Phi) is 5.27. The summed E-state index contributed by atoms with van der Waals surface area (Å²) in [7, 11) is 0. The van der Waals surface area contributed by atoms with Gasteiger partial charge in [0.05, 0.1) is 16.2 Å². The summed E-state index contributed by atoms with van der Waals surface area (Å²) < 4.78 is 37.4. The van der Waals surface area contributed by atoms with Gasteiger partial charge in [-0.15, -0.1) is 0 Å². The largest absolute Gasteiger partial charge is 0.417 e. The summed E-state index contributed by atoms with van der Waals surface area (Å²) in [6.07, 6.45) is -3.21. The third-order valence-electron chi connectivity index (χ3n) is 2.65. The molecule has 0 amide bonds. The molecule has 1 heterocycles. The van der Waals surface area contributed by atoms with Gasteiger partial charge < -0.3 is 10.4 Å². The van der Waals surface area contributed by atoms with Gasteiger partial charge >= 0.3 is 6.18 Å². The first-order valence-electron chi connectivity index (χ1n) is 6.20. The molecule has 0 aliphatic heterocycles. The van der Waals surface area contributed by atoms with Crippen LogP contribution in [0.15, 0.2) is 12.3 Å². The molecule has 0 spiro atoms. The molecule has 114 valence electrons. The van der Waals surface area contributed by atoms with E-state index < -0.39 is 17.3 Å². The Morgan fingerprint density at radius 1 is 1.40 bits per heavy atom. The second-order valence-corrected chi connectivity index (χ2v) is 5.91. The van der Waals surface area contributed by atoms with E-state index in [9.17, 15) is 18.3 Å². The summed E-state index contributed by atoms with van der Waals surface area (Å²) in [6, 6.07) is 0.814. The van der Waals surface area contributed by atoms with Gasteiger partial charge in [-0.3, -0.25) is 0 Å². The first-order chi connectivity index (χ1) is 9.01. The zero-order valence-corrected chi connectivity index (χ0v) is 12.3. The highest BCUT2D eigenvalue weighted by molar-refractivity contribution is 6.32. The number of hydrogen-bond donors (Lipinski definition) is 2. The zero-order chi connectivity index (χ0) is 15.6. The van der Waals surface area contributed by atoms with E-state index in [2.05, 4.69) is 10.3 Å². The molecular weight excluding hydrogens is 293 g/mol. The minimum absolute atomic E-state index is 0.125. The smallest absolute Gasteiger partial charge is 0.388 e. The number of aromatic nitrogens is 1. The van der Waals surface area contributed by atoms with E-state index in [4.69, 9.17) is 11.6 Å². The Hall–Kier alpha value is -1.01. The van der Waals surface area contributed by atoms with Gasteiger partial charge in [-0.05, 0) is 25.3 Å². The first-order valence-corrected chi connectivity index (χ1v) is 6.58. The molecule has 0 fully saturated rings. The van der Waals surface area contributed by atoms with Crippen LogP contribution in [0.5, 0.6) is 0 Å². The van der Waals surface area contributed by atoms with Crippen LogP contribution in [0.1, 0.15) is 32.8 Å². The van der Waals surface area contributed by atoms with Crippen molar-refractivity contribution in [1.29, 1.82) is 0 Å². The summed E-state index contributed by atoms with van der Waals surface area (Å²) in [4.78, 5) is 3.65. The number of nitrogens with one attached hydrogen (secondary N) is 1. The fourth-order valence-electron chi connectivity index (χ4n) is 1.95. The molecule has 1 atom stereocenters. The lowest BCUT2D eigenvalue weighted by Gasteiger charge is -2.26. The second-order valence-electron chi connectivity index (χ2n) is 5.50. The van der Waals surface area contributed by atoms with Crippen LogP contribution in [0.3, 0.4) is 0 Å². The minimum Gasteiger partial charge on any atom is -0.388 e. The molecule has 1 rings (SSSR count). The lowest BCUT2D eigenvalue weighted by Crippen LogP contribution is -2.35. The van der Waals surface area contributed by atoms with Crippen LogP contribution in [0.2, 0.25) is 5.02 Å². The lowest BCUT2D eigenvalue weighted by atomic mass is 9.94. The van der Waals surface area contributed by atoms with E-state index in [0.717, 1.165) is 6.07 Å². The topological polar surface area (TPSA) is 45.1 Å². The van der Waals surface area contributed by atoms with Crippen molar-refractivity contribution in [2.75, 3.05) is 11.9 Å². The summed E-state index contributed by atoms with van der Waals surface area (Å²) in [5.41, 5.74) is -1.89. The number of halogens is 4. The van der Waals surface area contributed by atoms with Crippen molar-refractivity contribution in [3.63, 3.8) is 0 Å². The van der Waals surface area contributed by atoms with Gasteiger partial charge in [0.15, 0.2) is 0 Å². The molecule has 1 aromatic heterocycles. The average molecular weight is 311 g/mol. The predicted octanol–water partition coefficient (Wildman–Crippen LogP) is 3.96. The average Bonchev–Trinajstić information content (AvgIpc) is 2.24. The monoisotopic (exact) mass is 310 g/mol. The number of hydrogen-bond acceptors (Lipinski definition) is 3. The van der Waals surface area contributed by atoms with E-state index in [1.54, 1.807) is 6.92 Å². The Morgan fingerprint density at radius 2 is 2.00 bits per heavy atom. The Morgan fingerprint density at radius 3 is 2.45 bits per heavy atom. The molecule has 2 N–H and O–H groups in total. The van der Waals surface area contributed by atoms with E-state index in [1.807, 2.05) is 13.8 Å². The normalized spacial score (nSPS) is 15.2. The number of nitrogens with zero attached hydrogens (tertiary/aromatic N) is 1. The van der Waals surface area contributed by atoms with Crippen LogP contribution in [0, 0.1) is 5.92 Å². The lowest BCUT2D eigenvalue weighted by molar-refractivity contribution is -0.137. The summed E-state index contributed by atoms with van der Waals surface area (Å²) in [6.45, 7) is 5.75. The molecule has 0 radical (unpaired) electrons. The Bertz CT molecular complexity index is 461. The molecule has 0 aliphatic rings. The molecule has 0 aliphatic carbocycles. The number of rotatable bonds is 5. The maximum Gasteiger partial charge on any atom is 0.417 e. The van der Waals surface area contributed by atoms with Crippen LogP contribution >= 0.6 is 11.6 Å². The van der Waals surface area contributed by atoms with Gasteiger partial charge in [0.1, 0.15) is 5.82 Å². The van der Waals surface area contributed by atoms with Gasteiger partial charge in [0.25, 0.3) is 0 Å². The third-order valence-corrected chi connectivity index (χ3v) is 2.94. The third kappa shape index (κ3) is 5.17. The first kappa shape index (κ1) is 17.0. The number of alkyl halides is 3. The van der Waals surface area contributed by atoms with Crippen molar-refractivity contribution >= 4 is 17.4 Å². The van der Waals surface area contributed by atoms with Crippen molar-refractivity contribution in [3.05, 3.63) is 22.8 Å². The van der Waals surface area contributed by atoms with Crippen molar-refractivity contribution in [3.8, 4) is 0 Å². The highest BCUT2D eigenvalue weighted by atomic mass is 35.5. The second kappa shape index (κ2) is 6.18. The van der Waals surface area contributed by atoms with Crippen LogP contribution in [0.25, 0.3) is 0 Å². The SMILES string of the molecule is CC(C)CC(C)(O)CNc1ncc(C(F)(F)F)cc1Cl. The van der Waals surface area contributed by atoms with Crippen molar-refractivity contribution in [2.45, 2.75) is 39.0 Å². The number of pyridine rings is 1. The predicted molar refractivity (Wildman–Crippen MR) is 72.8 cm³/mol. The zero-order valence-electron chi connectivity index (χ0n) is 11.6. The van der Waals surface area contributed by atoms with Gasteiger partial charge in [0.2, 0.25) is 0 Å². The van der Waals surface area contributed by atoms with Crippen LogP contribution in [0.4, 0.5) is 19.0 Å². The molecule has 7 heteroatoms. The molecule has 0 aromatic carbocycles. The van der Waals surface area contributed by atoms with Crippen LogP contribution in [-0.4, -0.2) is 22.2 Å². The highest BCUT2D eigenvalue weighted by Gasteiger charge is 2.31.